The summed E-state index contributed by atoms with van der Waals surface area (Å²) in [6.07, 6.45) is 46.2. The Morgan fingerprint density at radius 3 is 1.34 bits per heavy atom. The summed E-state index contributed by atoms with van der Waals surface area (Å²) < 4.78 is 59.6. The fraction of sp³-hybridized carbons (Fsp3) is 0.944. The number of aliphatic hydroxyl groups excluding tert-OH is 1. The van der Waals surface area contributed by atoms with Crippen molar-refractivity contribution in [3.63, 3.8) is 0 Å². The Morgan fingerprint density at radius 1 is 0.419 bits per heavy atom. The quantitative estimate of drug-likeness (QED) is 0.0526. The van der Waals surface area contributed by atoms with Gasteiger partial charge in [-0.1, -0.05) is 110 Å². The van der Waals surface area contributed by atoms with Gasteiger partial charge in [0.1, 0.15) is 28.0 Å². The first-order chi connectivity index (χ1) is 50.4. The number of fused-ring (bicyclic) bond motifs is 2. The molecule has 0 spiro atoms. The number of carbonyl (C=O) groups excluding carboxylic acids is 5. The molecule has 0 aromatic carbocycles. The van der Waals surface area contributed by atoms with Crippen LogP contribution in [-0.2, 0) is 71.3 Å². The maximum Gasteiger partial charge on any atom is 0.312 e. The Balaban J connectivity index is 0.000000184. The maximum atomic E-state index is 12.7. The van der Waals surface area contributed by atoms with Crippen molar-refractivity contribution in [2.24, 2.45) is 47.3 Å². The zero-order valence-corrected chi connectivity index (χ0v) is 69.7. The lowest BCUT2D eigenvalue weighted by Crippen LogP contribution is -2.40. The van der Waals surface area contributed by atoms with Crippen molar-refractivity contribution < 1.29 is 76.4 Å². The normalized spacial score (nSPS) is 35.0. The fourth-order valence-electron chi connectivity index (χ4n) is 21.0. The van der Waals surface area contributed by atoms with Crippen LogP contribution in [0, 0.1) is 47.3 Å². The molecule has 5 heterocycles. The van der Waals surface area contributed by atoms with Gasteiger partial charge in [0.15, 0.2) is 0 Å². The van der Waals surface area contributed by atoms with Gasteiger partial charge < -0.3 is 52.5 Å². The van der Waals surface area contributed by atoms with Crippen LogP contribution in [0.3, 0.4) is 0 Å². The number of hydrogen-bond acceptors (Lipinski definition) is 16. The summed E-state index contributed by atoms with van der Waals surface area (Å²) in [5.74, 6) is 2.38. The van der Waals surface area contributed by atoms with E-state index in [0.29, 0.717) is 60.9 Å². The van der Waals surface area contributed by atoms with E-state index in [1.807, 2.05) is 6.92 Å². The zero-order chi connectivity index (χ0) is 76.5. The highest BCUT2D eigenvalue weighted by atomic mass is 16.6. The Labute approximate surface area is 639 Å². The standard InChI is InChI=1S/C19H32O3.C19H34O3.C18H32O4.C17H30O3.C16H28O3/c1-4-16-10-14(17(5-2)21-16)11-18(20)22-19(6-3)12-13-7-8-15(19)9-13;1-5-15-13-16(17(6-2)21-15)14(4)18(20)22-19(7-3)11-9-8-10-12-19;1-4-13-11-14(16(5-2)21-13)15(19)12-17(20)22-18(6-3)9-7-8-10-18;1-4-14-12-13(15(5-2)19-14)8-9-16(18)20-17(3)10-6-7-11-17;1-4-12-11-13(14(5-2)18-12)15(17)19-16(6-3)9-7-8-10-16/h13-17H,4-12H2,1-3H3;14-17H,5-13H2,1-4H3;13-16,19H,4-12H2,1-3H3;13-15H,4-12H2,1-3H3;12-14H,4-11H2,1-3H3. The molecule has 0 radical (unpaired) electrons. The molecule has 5 saturated heterocycles. The average Bonchev–Trinajstić information content (AvgIpc) is 1.62. The summed E-state index contributed by atoms with van der Waals surface area (Å²) >= 11 is 0. The van der Waals surface area contributed by atoms with Crippen LogP contribution in [0.1, 0.15) is 393 Å². The summed E-state index contributed by atoms with van der Waals surface area (Å²) in [5.41, 5.74) is -0.932. The van der Waals surface area contributed by atoms with Gasteiger partial charge in [-0.15, -0.1) is 0 Å². The van der Waals surface area contributed by atoms with E-state index in [9.17, 15) is 29.1 Å². The van der Waals surface area contributed by atoms with E-state index in [4.69, 9.17) is 47.4 Å². The van der Waals surface area contributed by atoms with Crippen molar-refractivity contribution in [3.8, 4) is 0 Å². The van der Waals surface area contributed by atoms with Crippen LogP contribution >= 0.6 is 0 Å². The van der Waals surface area contributed by atoms with Crippen molar-refractivity contribution in [1.82, 2.24) is 0 Å². The van der Waals surface area contributed by atoms with Gasteiger partial charge in [-0.2, -0.15) is 0 Å². The molecule has 0 aromatic rings. The van der Waals surface area contributed by atoms with Crippen LogP contribution in [-0.4, -0.2) is 130 Å². The largest absolute Gasteiger partial charge is 0.459 e. The number of esters is 5. The molecule has 16 heteroatoms. The summed E-state index contributed by atoms with van der Waals surface area (Å²) in [6.45, 7) is 34.1. The number of hydrogen-bond donors (Lipinski definition) is 1. The highest BCUT2D eigenvalue weighted by Gasteiger charge is 2.54. The highest BCUT2D eigenvalue weighted by molar-refractivity contribution is 5.74. The molecule has 16 nitrogen and oxygen atoms in total. The minimum Gasteiger partial charge on any atom is -0.459 e. The Kier molecular flexibility index (Phi) is 36.8. The average molecular weight is 1480 g/mol. The predicted molar refractivity (Wildman–Crippen MR) is 415 cm³/mol. The minimum absolute atomic E-state index is 0.00699. The van der Waals surface area contributed by atoms with Crippen LogP contribution in [0.4, 0.5) is 0 Å². The third-order valence-corrected chi connectivity index (χ3v) is 28.2. The molecule has 105 heavy (non-hydrogen) atoms. The minimum atomic E-state index is -0.649. The molecule has 11 aliphatic rings. The molecule has 0 amide bonds. The van der Waals surface area contributed by atoms with Crippen LogP contribution in [0.25, 0.3) is 0 Å². The third kappa shape index (κ3) is 24.8. The number of rotatable bonds is 30. The first kappa shape index (κ1) is 89.3. The highest BCUT2D eigenvalue weighted by Crippen LogP contribution is 2.55. The molecule has 1 N–H and O–H groups in total. The fourth-order valence-corrected chi connectivity index (χ4v) is 21.0. The lowest BCUT2D eigenvalue weighted by atomic mass is 9.81. The van der Waals surface area contributed by atoms with Crippen molar-refractivity contribution in [2.45, 2.75) is 488 Å². The molecule has 6 aliphatic carbocycles. The number of aliphatic hydroxyl groups is 1. The molecule has 2 bridgehead atoms. The van der Waals surface area contributed by atoms with Crippen LogP contribution in [0.5, 0.6) is 0 Å². The van der Waals surface area contributed by atoms with Gasteiger partial charge in [-0.05, 0) is 287 Å². The van der Waals surface area contributed by atoms with Gasteiger partial charge >= 0.3 is 29.8 Å². The maximum absolute atomic E-state index is 12.7. The lowest BCUT2D eigenvalue weighted by Gasteiger charge is -2.37. The van der Waals surface area contributed by atoms with Gasteiger partial charge in [0.2, 0.25) is 0 Å². The predicted octanol–water partition coefficient (Wildman–Crippen LogP) is 21.0. The molecule has 20 atom stereocenters. The SMILES string of the molecule is CCC1CC(C(=O)OC2(CC)CCCC2)C(CC)O1.CCC1CC(C(C)C(=O)OC2(CC)CCCCC2)C(CC)O1.CCC1CC(C(O)CC(=O)OC2(CC)CCCC2)C(CC)O1.CCC1CC(CC(=O)OC2(CC)CC3CCC2C3)C(CC)O1.CCC1CC(CCC(=O)OC2(C)CCCC2)C(CC)O1. The molecular weight excluding hydrogens is 1320 g/mol. The molecule has 11 rings (SSSR count). The van der Waals surface area contributed by atoms with E-state index >= 15 is 0 Å². The first-order valence-corrected chi connectivity index (χ1v) is 44.4. The zero-order valence-electron chi connectivity index (χ0n) is 69.7. The molecule has 6 saturated carbocycles. The Bertz CT molecular complexity index is 2550. The smallest absolute Gasteiger partial charge is 0.312 e. The van der Waals surface area contributed by atoms with Gasteiger partial charge in [0, 0.05) is 18.3 Å². The van der Waals surface area contributed by atoms with Gasteiger partial charge in [0.05, 0.1) is 91.8 Å². The molecular formula is C89H156O16. The van der Waals surface area contributed by atoms with Gasteiger partial charge in [0.25, 0.3) is 0 Å². The van der Waals surface area contributed by atoms with E-state index in [0.717, 1.165) is 205 Å². The van der Waals surface area contributed by atoms with E-state index in [2.05, 4.69) is 104 Å². The van der Waals surface area contributed by atoms with Crippen molar-refractivity contribution in [1.29, 1.82) is 0 Å². The van der Waals surface area contributed by atoms with Gasteiger partial charge in [-0.3, -0.25) is 24.0 Å². The summed E-state index contributed by atoms with van der Waals surface area (Å²) in [6, 6.07) is 0. The molecule has 5 aliphatic heterocycles. The van der Waals surface area contributed by atoms with Crippen LogP contribution < -0.4 is 0 Å². The van der Waals surface area contributed by atoms with Crippen LogP contribution in [0.15, 0.2) is 0 Å². The molecule has 11 fully saturated rings. The second-order valence-corrected chi connectivity index (χ2v) is 35.0. The van der Waals surface area contributed by atoms with E-state index in [1.165, 1.54) is 64.2 Å². The second kappa shape index (κ2) is 43.2. The topological polar surface area (TPSA) is 198 Å². The Morgan fingerprint density at radius 2 is 0.857 bits per heavy atom. The molecule has 0 aromatic heterocycles. The monoisotopic (exact) mass is 1480 g/mol. The van der Waals surface area contributed by atoms with Crippen LogP contribution in [0.2, 0.25) is 0 Å². The van der Waals surface area contributed by atoms with Crippen molar-refractivity contribution in [3.05, 3.63) is 0 Å². The number of carbonyl (C=O) groups is 5. The summed E-state index contributed by atoms with van der Waals surface area (Å²) in [5, 5.41) is 10.5. The summed E-state index contributed by atoms with van der Waals surface area (Å²) in [7, 11) is 0. The summed E-state index contributed by atoms with van der Waals surface area (Å²) in [4.78, 5) is 62.1. The Hall–Kier alpha value is -2.89. The molecule has 20 unspecified atom stereocenters. The first-order valence-electron chi connectivity index (χ1n) is 44.4. The third-order valence-electron chi connectivity index (χ3n) is 28.2. The van der Waals surface area contributed by atoms with E-state index in [-0.39, 0.29) is 119 Å². The number of ether oxygens (including phenoxy) is 10. The van der Waals surface area contributed by atoms with E-state index < -0.39 is 6.10 Å². The van der Waals surface area contributed by atoms with E-state index in [1.54, 1.807) is 0 Å². The second-order valence-electron chi connectivity index (χ2n) is 35.0. The van der Waals surface area contributed by atoms with Gasteiger partial charge in [-0.25, -0.2) is 0 Å². The lowest BCUT2D eigenvalue weighted by molar-refractivity contribution is -0.171. The van der Waals surface area contributed by atoms with Crippen molar-refractivity contribution >= 4 is 29.8 Å². The van der Waals surface area contributed by atoms with Crippen molar-refractivity contribution in [2.75, 3.05) is 0 Å². The molecule has 608 valence electrons.